The van der Waals surface area contributed by atoms with E-state index in [1.54, 1.807) is 0 Å². The summed E-state index contributed by atoms with van der Waals surface area (Å²) in [5.74, 6) is -5.35. The van der Waals surface area contributed by atoms with Crippen LogP contribution in [0, 0.1) is 15.2 Å². The second-order valence-corrected chi connectivity index (χ2v) is 5.93. The minimum absolute atomic E-state index is 0.0439. The molecular weight excluding hydrogens is 413 g/mol. The average molecular weight is 420 g/mol. The summed E-state index contributed by atoms with van der Waals surface area (Å²) in [5, 5.41) is 2.02. The summed E-state index contributed by atoms with van der Waals surface area (Å²) in [6.07, 6.45) is -0.0887. The summed E-state index contributed by atoms with van der Waals surface area (Å²) >= 11 is 1.51. The van der Waals surface area contributed by atoms with Crippen LogP contribution in [-0.4, -0.2) is 34.6 Å². The molecule has 114 valence electrons. The van der Waals surface area contributed by atoms with Crippen molar-refractivity contribution in [1.29, 1.82) is 0 Å². The molecule has 0 bridgehead atoms. The van der Waals surface area contributed by atoms with Gasteiger partial charge in [0.05, 0.1) is 14.7 Å². The van der Waals surface area contributed by atoms with Crippen LogP contribution in [0.4, 0.5) is 8.78 Å². The molecule has 1 N–H and O–H groups in total. The molecule has 3 rings (SSSR count). The van der Waals surface area contributed by atoms with Gasteiger partial charge in [0.15, 0.2) is 0 Å². The number of carbonyl (C=O) groups excluding carboxylic acids is 4. The Balaban J connectivity index is 2.08. The first kappa shape index (κ1) is 15.0. The fraction of sp³-hybridized carbons (Fsp3) is 0.231. The number of nitrogens with zero attached hydrogens (tertiary/aromatic N) is 1. The number of fused-ring (bicyclic) bond motifs is 1. The molecule has 1 fully saturated rings. The third-order valence-corrected chi connectivity index (χ3v) is 4.61. The molecule has 9 heteroatoms. The number of nitrogens with one attached hydrogen (secondary N) is 1. The van der Waals surface area contributed by atoms with Crippen LogP contribution in [0.5, 0.6) is 0 Å². The maximum absolute atomic E-state index is 13.9. The molecule has 0 aliphatic carbocycles. The fourth-order valence-electron chi connectivity index (χ4n) is 2.55. The number of rotatable bonds is 1. The molecule has 0 radical (unpaired) electrons. The van der Waals surface area contributed by atoms with Crippen molar-refractivity contribution in [1.82, 2.24) is 10.2 Å². The van der Waals surface area contributed by atoms with Gasteiger partial charge in [-0.1, -0.05) is 0 Å². The Bertz CT molecular complexity index is 765. The Morgan fingerprint density at radius 3 is 2.36 bits per heavy atom. The highest BCUT2D eigenvalue weighted by atomic mass is 127. The first-order valence-electron chi connectivity index (χ1n) is 6.22. The molecule has 22 heavy (non-hydrogen) atoms. The first-order chi connectivity index (χ1) is 10.3. The third-order valence-electron chi connectivity index (χ3n) is 3.56. The largest absolute Gasteiger partial charge is 0.295 e. The van der Waals surface area contributed by atoms with Crippen LogP contribution >= 0.6 is 22.6 Å². The molecule has 2 heterocycles. The quantitative estimate of drug-likeness (QED) is 0.417. The lowest BCUT2D eigenvalue weighted by atomic mass is 10.0. The van der Waals surface area contributed by atoms with Gasteiger partial charge >= 0.3 is 0 Å². The lowest BCUT2D eigenvalue weighted by Gasteiger charge is -2.27. The maximum Gasteiger partial charge on any atom is 0.265 e. The van der Waals surface area contributed by atoms with Crippen molar-refractivity contribution >= 4 is 46.2 Å². The van der Waals surface area contributed by atoms with E-state index in [4.69, 9.17) is 0 Å². The van der Waals surface area contributed by atoms with Crippen molar-refractivity contribution in [3.05, 3.63) is 32.4 Å². The summed E-state index contributed by atoms with van der Waals surface area (Å²) in [7, 11) is 0. The zero-order chi connectivity index (χ0) is 16.2. The van der Waals surface area contributed by atoms with Gasteiger partial charge in [-0.15, -0.1) is 0 Å². The highest BCUT2D eigenvalue weighted by Crippen LogP contribution is 2.33. The number of carbonyl (C=O) groups is 4. The van der Waals surface area contributed by atoms with Crippen molar-refractivity contribution < 1.29 is 28.0 Å². The maximum atomic E-state index is 13.9. The van der Waals surface area contributed by atoms with E-state index in [0.717, 1.165) is 0 Å². The van der Waals surface area contributed by atoms with Gasteiger partial charge in [0, 0.05) is 12.5 Å². The first-order valence-corrected chi connectivity index (χ1v) is 7.30. The van der Waals surface area contributed by atoms with Crippen LogP contribution in [-0.2, 0) is 9.59 Å². The zero-order valence-electron chi connectivity index (χ0n) is 10.8. The molecule has 0 saturated carbocycles. The Labute approximate surface area is 136 Å². The summed E-state index contributed by atoms with van der Waals surface area (Å²) < 4.78 is 27.3. The second kappa shape index (κ2) is 5.07. The van der Waals surface area contributed by atoms with Gasteiger partial charge in [-0.3, -0.25) is 29.4 Å². The Hall–Kier alpha value is -1.91. The topological polar surface area (TPSA) is 83.6 Å². The van der Waals surface area contributed by atoms with Crippen molar-refractivity contribution in [2.24, 2.45) is 0 Å². The minimum Gasteiger partial charge on any atom is -0.295 e. The van der Waals surface area contributed by atoms with E-state index in [2.05, 4.69) is 0 Å². The van der Waals surface area contributed by atoms with E-state index in [9.17, 15) is 28.0 Å². The molecule has 2 aliphatic rings. The standard InChI is InChI=1S/C13H7F2IN2O4/c14-4-3-5(15)10(16)9-8(4)12(21)18(13(9)22)6-1-2-7(19)17-11(6)20/h3,6H,1-2H2,(H,17,19,20)/t6-/m0/s1. The summed E-state index contributed by atoms with van der Waals surface area (Å²) in [4.78, 5) is 48.2. The monoisotopic (exact) mass is 420 g/mol. The van der Waals surface area contributed by atoms with Crippen molar-refractivity contribution in [2.75, 3.05) is 0 Å². The van der Waals surface area contributed by atoms with Gasteiger partial charge in [0.1, 0.15) is 17.7 Å². The van der Waals surface area contributed by atoms with Crippen molar-refractivity contribution in [3.8, 4) is 0 Å². The zero-order valence-corrected chi connectivity index (χ0v) is 12.9. The minimum atomic E-state index is -1.21. The van der Waals surface area contributed by atoms with Gasteiger partial charge in [-0.2, -0.15) is 0 Å². The van der Waals surface area contributed by atoms with Crippen LogP contribution in [0.15, 0.2) is 6.07 Å². The number of amides is 4. The lowest BCUT2D eigenvalue weighted by molar-refractivity contribution is -0.136. The molecule has 0 unspecified atom stereocenters. The molecule has 0 spiro atoms. The highest BCUT2D eigenvalue weighted by molar-refractivity contribution is 14.1. The Kier molecular flexibility index (Phi) is 3.46. The van der Waals surface area contributed by atoms with E-state index in [1.165, 1.54) is 22.6 Å². The SMILES string of the molecule is O=C1CC[C@H](N2C(=O)c3c(F)cc(F)c(I)c3C2=O)C(=O)N1. The molecule has 1 aromatic carbocycles. The van der Waals surface area contributed by atoms with Crippen LogP contribution in [0.2, 0.25) is 0 Å². The molecule has 1 atom stereocenters. The predicted octanol–water partition coefficient (Wildman–Crippen LogP) is 0.971. The van der Waals surface area contributed by atoms with Crippen LogP contribution in [0.25, 0.3) is 0 Å². The lowest BCUT2D eigenvalue weighted by Crippen LogP contribution is -2.54. The van der Waals surface area contributed by atoms with Crippen LogP contribution in [0.3, 0.4) is 0 Å². The Morgan fingerprint density at radius 2 is 1.73 bits per heavy atom. The Morgan fingerprint density at radius 1 is 1.09 bits per heavy atom. The highest BCUT2D eigenvalue weighted by Gasteiger charge is 2.47. The molecule has 1 aromatic rings. The molecular formula is C13H7F2IN2O4. The van der Waals surface area contributed by atoms with E-state index in [1.807, 2.05) is 5.32 Å². The summed E-state index contributed by atoms with van der Waals surface area (Å²) in [5.41, 5.74) is -0.923. The van der Waals surface area contributed by atoms with E-state index in [-0.39, 0.29) is 22.0 Å². The third kappa shape index (κ3) is 2.02. The second-order valence-electron chi connectivity index (χ2n) is 4.85. The van der Waals surface area contributed by atoms with Crippen molar-refractivity contribution in [2.45, 2.75) is 18.9 Å². The molecule has 4 amide bonds. The predicted molar refractivity (Wildman–Crippen MR) is 75.7 cm³/mol. The van der Waals surface area contributed by atoms with Crippen LogP contribution < -0.4 is 5.32 Å². The smallest absolute Gasteiger partial charge is 0.265 e. The van der Waals surface area contributed by atoms with Crippen molar-refractivity contribution in [3.63, 3.8) is 0 Å². The fourth-order valence-corrected chi connectivity index (χ4v) is 3.21. The molecule has 0 aromatic heterocycles. The van der Waals surface area contributed by atoms with E-state index < -0.39 is 46.9 Å². The van der Waals surface area contributed by atoms with Crippen LogP contribution in [0.1, 0.15) is 33.6 Å². The number of benzene rings is 1. The van der Waals surface area contributed by atoms with E-state index in [0.29, 0.717) is 11.0 Å². The molecule has 2 aliphatic heterocycles. The van der Waals surface area contributed by atoms with Gasteiger partial charge in [0.25, 0.3) is 11.8 Å². The number of hydrogen-bond acceptors (Lipinski definition) is 4. The summed E-state index contributed by atoms with van der Waals surface area (Å²) in [6, 6.07) is -0.678. The molecule has 1 saturated heterocycles. The van der Waals surface area contributed by atoms with Gasteiger partial charge in [0.2, 0.25) is 11.8 Å². The van der Waals surface area contributed by atoms with E-state index >= 15 is 0 Å². The molecule has 6 nitrogen and oxygen atoms in total. The van der Waals surface area contributed by atoms with Gasteiger partial charge in [-0.05, 0) is 29.0 Å². The summed E-state index contributed by atoms with van der Waals surface area (Å²) in [6.45, 7) is 0. The normalized spacial score (nSPS) is 21.2. The average Bonchev–Trinajstić information content (AvgIpc) is 2.69. The number of hydrogen-bond donors (Lipinski definition) is 1. The number of piperidine rings is 1. The van der Waals surface area contributed by atoms with Gasteiger partial charge < -0.3 is 0 Å². The van der Waals surface area contributed by atoms with Gasteiger partial charge in [-0.25, -0.2) is 8.78 Å². The number of halogens is 3. The number of imide groups is 2.